The van der Waals surface area contributed by atoms with E-state index in [0.717, 1.165) is 41.9 Å². The first-order valence-electron chi connectivity index (χ1n) is 7.85. The second-order valence-electron chi connectivity index (χ2n) is 5.74. The molecule has 23 heavy (non-hydrogen) atoms. The van der Waals surface area contributed by atoms with Crippen LogP contribution in [0.4, 0.5) is 23.0 Å². The third-order valence-corrected chi connectivity index (χ3v) is 3.73. The highest BCUT2D eigenvalue weighted by molar-refractivity contribution is 5.88. The number of nitrogens with one attached hydrogen (secondary N) is 2. The van der Waals surface area contributed by atoms with Crippen LogP contribution in [-0.4, -0.2) is 29.0 Å². The Kier molecular flexibility index (Phi) is 4.41. The molecule has 0 spiro atoms. The number of anilines is 4. The van der Waals surface area contributed by atoms with E-state index in [0.29, 0.717) is 0 Å². The Balaban J connectivity index is 1.75. The number of nitrogens with zero attached hydrogens (tertiary/aromatic N) is 3. The number of aromatic nitrogens is 2. The van der Waals surface area contributed by atoms with Gasteiger partial charge in [0, 0.05) is 37.5 Å². The number of hydrogen-bond acceptors (Lipinski definition) is 5. The number of rotatable bonds is 4. The molecule has 1 aliphatic rings. The summed E-state index contributed by atoms with van der Waals surface area (Å²) < 4.78 is 0. The summed E-state index contributed by atoms with van der Waals surface area (Å²) in [6.07, 6.45) is 2.44. The van der Waals surface area contributed by atoms with E-state index in [1.165, 1.54) is 19.8 Å². The van der Waals surface area contributed by atoms with E-state index in [4.69, 9.17) is 0 Å². The van der Waals surface area contributed by atoms with Crippen LogP contribution in [0.5, 0.6) is 0 Å². The predicted octanol–water partition coefficient (Wildman–Crippen LogP) is 3.09. The molecule has 0 saturated carbocycles. The van der Waals surface area contributed by atoms with Gasteiger partial charge in [-0.1, -0.05) is 0 Å². The number of aryl methyl sites for hydroxylation is 1. The summed E-state index contributed by atoms with van der Waals surface area (Å²) >= 11 is 0. The summed E-state index contributed by atoms with van der Waals surface area (Å²) in [5, 5.41) is 6.05. The fourth-order valence-corrected chi connectivity index (χ4v) is 2.71. The molecular formula is C17H21N5O. The second-order valence-corrected chi connectivity index (χ2v) is 5.74. The minimum atomic E-state index is -0.0765. The smallest absolute Gasteiger partial charge is 0.221 e. The van der Waals surface area contributed by atoms with Crippen molar-refractivity contribution in [2.24, 2.45) is 0 Å². The molecule has 0 unspecified atom stereocenters. The molecule has 6 nitrogen and oxygen atoms in total. The number of benzene rings is 1. The quantitative estimate of drug-likeness (QED) is 0.908. The molecule has 1 aliphatic heterocycles. The number of hydrogen-bond donors (Lipinski definition) is 2. The first kappa shape index (κ1) is 15.3. The molecule has 120 valence electrons. The van der Waals surface area contributed by atoms with Crippen LogP contribution in [0.1, 0.15) is 25.6 Å². The molecule has 2 N–H and O–H groups in total. The molecule has 1 aromatic carbocycles. The predicted molar refractivity (Wildman–Crippen MR) is 92.2 cm³/mol. The first-order chi connectivity index (χ1) is 11.1. The van der Waals surface area contributed by atoms with Gasteiger partial charge in [-0.25, -0.2) is 9.97 Å². The van der Waals surface area contributed by atoms with Crippen molar-refractivity contribution in [3.8, 4) is 0 Å². The Morgan fingerprint density at radius 1 is 1.09 bits per heavy atom. The second kappa shape index (κ2) is 6.64. The van der Waals surface area contributed by atoms with Gasteiger partial charge in [-0.15, -0.1) is 0 Å². The summed E-state index contributed by atoms with van der Waals surface area (Å²) in [5.41, 5.74) is 1.70. The van der Waals surface area contributed by atoms with Crippen LogP contribution in [0.15, 0.2) is 30.3 Å². The van der Waals surface area contributed by atoms with Gasteiger partial charge in [0.15, 0.2) is 0 Å². The summed E-state index contributed by atoms with van der Waals surface area (Å²) in [6, 6.07) is 9.54. The van der Waals surface area contributed by atoms with Crippen molar-refractivity contribution >= 4 is 28.9 Å². The average molecular weight is 311 g/mol. The maximum atomic E-state index is 11.0. The van der Waals surface area contributed by atoms with E-state index in [9.17, 15) is 4.79 Å². The fraction of sp³-hybridized carbons (Fsp3) is 0.353. The zero-order chi connectivity index (χ0) is 16.2. The highest BCUT2D eigenvalue weighted by Gasteiger charge is 2.15. The normalized spacial score (nSPS) is 13.9. The molecule has 3 rings (SSSR count). The lowest BCUT2D eigenvalue weighted by Gasteiger charge is -2.18. The Hall–Kier alpha value is -2.63. The van der Waals surface area contributed by atoms with Gasteiger partial charge in [-0.3, -0.25) is 4.79 Å². The van der Waals surface area contributed by atoms with Crippen molar-refractivity contribution in [3.63, 3.8) is 0 Å². The van der Waals surface area contributed by atoms with Gasteiger partial charge in [0.05, 0.1) is 0 Å². The van der Waals surface area contributed by atoms with Crippen molar-refractivity contribution in [2.45, 2.75) is 26.7 Å². The molecule has 0 atom stereocenters. The van der Waals surface area contributed by atoms with Crippen LogP contribution < -0.4 is 15.5 Å². The van der Waals surface area contributed by atoms with E-state index in [1.54, 1.807) is 0 Å². The standard InChI is InChI=1S/C17H21N5O/c1-12-18-16(11-17(19-12)22-9-3-4-10-22)21-15-7-5-14(6-8-15)20-13(2)23/h5-8,11H,3-4,9-10H2,1-2H3,(H,20,23)(H,18,19,21). The van der Waals surface area contributed by atoms with Crippen LogP contribution >= 0.6 is 0 Å². The van der Waals surface area contributed by atoms with Crippen molar-refractivity contribution in [1.82, 2.24) is 9.97 Å². The SMILES string of the molecule is CC(=O)Nc1ccc(Nc2cc(N3CCCC3)nc(C)n2)cc1. The zero-order valence-corrected chi connectivity index (χ0v) is 13.5. The van der Waals surface area contributed by atoms with Crippen LogP contribution in [-0.2, 0) is 4.79 Å². The number of carbonyl (C=O) groups is 1. The third-order valence-electron chi connectivity index (χ3n) is 3.73. The Labute approximate surface area is 135 Å². The maximum Gasteiger partial charge on any atom is 0.221 e. The van der Waals surface area contributed by atoms with Crippen LogP contribution in [0.2, 0.25) is 0 Å². The Bertz CT molecular complexity index is 693. The van der Waals surface area contributed by atoms with Crippen LogP contribution in [0.25, 0.3) is 0 Å². The lowest BCUT2D eigenvalue weighted by molar-refractivity contribution is -0.114. The average Bonchev–Trinajstić information content (AvgIpc) is 3.02. The molecular weight excluding hydrogens is 290 g/mol. The van der Waals surface area contributed by atoms with E-state index in [2.05, 4.69) is 25.5 Å². The van der Waals surface area contributed by atoms with Gasteiger partial charge < -0.3 is 15.5 Å². The van der Waals surface area contributed by atoms with Crippen molar-refractivity contribution in [2.75, 3.05) is 28.6 Å². The molecule has 1 fully saturated rings. The Morgan fingerprint density at radius 2 is 1.74 bits per heavy atom. The highest BCUT2D eigenvalue weighted by atomic mass is 16.1. The van der Waals surface area contributed by atoms with E-state index in [-0.39, 0.29) is 5.91 Å². The van der Waals surface area contributed by atoms with Crippen molar-refractivity contribution in [1.29, 1.82) is 0 Å². The van der Waals surface area contributed by atoms with E-state index in [1.807, 2.05) is 37.3 Å². The largest absolute Gasteiger partial charge is 0.356 e. The Morgan fingerprint density at radius 3 is 2.39 bits per heavy atom. The van der Waals surface area contributed by atoms with E-state index >= 15 is 0 Å². The lowest BCUT2D eigenvalue weighted by Crippen LogP contribution is -2.19. The third kappa shape index (κ3) is 3.97. The summed E-state index contributed by atoms with van der Waals surface area (Å²) in [7, 11) is 0. The van der Waals surface area contributed by atoms with Crippen molar-refractivity contribution in [3.05, 3.63) is 36.2 Å². The van der Waals surface area contributed by atoms with Gasteiger partial charge in [0.2, 0.25) is 5.91 Å². The number of carbonyl (C=O) groups excluding carboxylic acids is 1. The first-order valence-corrected chi connectivity index (χ1v) is 7.85. The van der Waals surface area contributed by atoms with Gasteiger partial charge >= 0.3 is 0 Å². The topological polar surface area (TPSA) is 70.2 Å². The van der Waals surface area contributed by atoms with Crippen LogP contribution in [0, 0.1) is 6.92 Å². The minimum absolute atomic E-state index is 0.0765. The maximum absolute atomic E-state index is 11.0. The van der Waals surface area contributed by atoms with Gasteiger partial charge in [-0.2, -0.15) is 0 Å². The van der Waals surface area contributed by atoms with Crippen LogP contribution in [0.3, 0.4) is 0 Å². The van der Waals surface area contributed by atoms with Gasteiger partial charge in [0.25, 0.3) is 0 Å². The zero-order valence-electron chi connectivity index (χ0n) is 13.5. The molecule has 2 heterocycles. The molecule has 1 aromatic heterocycles. The molecule has 1 amide bonds. The molecule has 2 aromatic rings. The summed E-state index contributed by atoms with van der Waals surface area (Å²) in [5.74, 6) is 2.44. The summed E-state index contributed by atoms with van der Waals surface area (Å²) in [4.78, 5) is 22.3. The van der Waals surface area contributed by atoms with Crippen molar-refractivity contribution < 1.29 is 4.79 Å². The lowest BCUT2D eigenvalue weighted by atomic mass is 10.2. The van der Waals surface area contributed by atoms with Gasteiger partial charge in [-0.05, 0) is 44.0 Å². The fourth-order valence-electron chi connectivity index (χ4n) is 2.71. The monoisotopic (exact) mass is 311 g/mol. The molecule has 1 saturated heterocycles. The molecule has 0 aliphatic carbocycles. The molecule has 0 bridgehead atoms. The van der Waals surface area contributed by atoms with Gasteiger partial charge in [0.1, 0.15) is 17.5 Å². The summed E-state index contributed by atoms with van der Waals surface area (Å²) in [6.45, 7) is 5.52. The highest BCUT2D eigenvalue weighted by Crippen LogP contribution is 2.23. The van der Waals surface area contributed by atoms with E-state index < -0.39 is 0 Å². The molecule has 0 radical (unpaired) electrons. The minimum Gasteiger partial charge on any atom is -0.356 e. The number of amides is 1. The molecule has 6 heteroatoms.